The fourth-order valence-electron chi connectivity index (χ4n) is 1.82. The highest BCUT2D eigenvalue weighted by molar-refractivity contribution is 5.65. The zero-order chi connectivity index (χ0) is 12.7. The highest BCUT2D eigenvalue weighted by Gasteiger charge is 2.36. The standard InChI is InChI=1S/C11H8F4O2/c1-16-5-3-4-6(11(5)17-2)8(13)10(15)9(14)7(4)12/h3,11H,1-2H3. The smallest absolute Gasteiger partial charge is 0.198 e. The van der Waals surface area contributed by atoms with Crippen LogP contribution in [-0.4, -0.2) is 14.2 Å². The molecule has 92 valence electrons. The van der Waals surface area contributed by atoms with Gasteiger partial charge in [-0.05, 0) is 6.08 Å². The minimum atomic E-state index is -1.85. The Hall–Kier alpha value is -1.56. The molecule has 0 amide bonds. The first kappa shape index (κ1) is 11.9. The van der Waals surface area contributed by atoms with Gasteiger partial charge in [-0.3, -0.25) is 0 Å². The second-order valence-electron chi connectivity index (χ2n) is 3.45. The predicted octanol–water partition coefficient (Wildman–Crippen LogP) is 2.93. The van der Waals surface area contributed by atoms with E-state index in [4.69, 9.17) is 9.47 Å². The van der Waals surface area contributed by atoms with Crippen molar-refractivity contribution >= 4 is 6.08 Å². The Labute approximate surface area is 94.4 Å². The first-order valence-electron chi connectivity index (χ1n) is 4.67. The Morgan fingerprint density at radius 1 is 0.941 bits per heavy atom. The fraction of sp³-hybridized carbons (Fsp3) is 0.273. The molecule has 1 aromatic rings. The molecule has 0 aliphatic heterocycles. The predicted molar refractivity (Wildman–Crippen MR) is 51.0 cm³/mol. The molecule has 1 aliphatic carbocycles. The first-order valence-corrected chi connectivity index (χ1v) is 4.67. The van der Waals surface area contributed by atoms with Crippen LogP contribution in [-0.2, 0) is 9.47 Å². The third-order valence-corrected chi connectivity index (χ3v) is 2.62. The molecule has 0 fully saturated rings. The molecule has 0 spiro atoms. The lowest BCUT2D eigenvalue weighted by Crippen LogP contribution is -2.09. The van der Waals surface area contributed by atoms with Gasteiger partial charge in [0.15, 0.2) is 23.3 Å². The largest absolute Gasteiger partial charge is 0.498 e. The summed E-state index contributed by atoms with van der Waals surface area (Å²) in [5.41, 5.74) is -0.772. The summed E-state index contributed by atoms with van der Waals surface area (Å²) in [6.07, 6.45) is 0.0179. The SMILES string of the molecule is COC1=Cc2c(F)c(F)c(F)c(F)c2C1OC. The maximum atomic E-state index is 13.5. The van der Waals surface area contributed by atoms with Crippen molar-refractivity contribution in [2.24, 2.45) is 0 Å². The van der Waals surface area contributed by atoms with Crippen LogP contribution in [0.4, 0.5) is 17.6 Å². The molecule has 17 heavy (non-hydrogen) atoms. The summed E-state index contributed by atoms with van der Waals surface area (Å²) < 4.78 is 62.8. The second kappa shape index (κ2) is 4.03. The number of fused-ring (bicyclic) bond motifs is 1. The van der Waals surface area contributed by atoms with E-state index < -0.39 is 29.4 Å². The number of methoxy groups -OCH3 is 2. The quantitative estimate of drug-likeness (QED) is 0.455. The molecule has 6 heteroatoms. The van der Waals surface area contributed by atoms with Crippen molar-refractivity contribution < 1.29 is 27.0 Å². The summed E-state index contributed by atoms with van der Waals surface area (Å²) in [5, 5.41) is 0. The number of rotatable bonds is 2. The van der Waals surface area contributed by atoms with Gasteiger partial charge in [0.05, 0.1) is 7.11 Å². The minimum absolute atomic E-state index is 0.0882. The van der Waals surface area contributed by atoms with Gasteiger partial charge in [0, 0.05) is 18.2 Å². The van der Waals surface area contributed by atoms with Crippen molar-refractivity contribution in [3.63, 3.8) is 0 Å². The lowest BCUT2D eigenvalue weighted by atomic mass is 10.1. The van der Waals surface area contributed by atoms with E-state index in [9.17, 15) is 17.6 Å². The first-order chi connectivity index (χ1) is 8.02. The lowest BCUT2D eigenvalue weighted by molar-refractivity contribution is 0.0808. The fourth-order valence-corrected chi connectivity index (χ4v) is 1.82. The van der Waals surface area contributed by atoms with Crippen LogP contribution in [0.25, 0.3) is 6.08 Å². The van der Waals surface area contributed by atoms with Crippen molar-refractivity contribution in [1.82, 2.24) is 0 Å². The van der Waals surface area contributed by atoms with Crippen molar-refractivity contribution in [3.8, 4) is 0 Å². The average Bonchev–Trinajstić information content (AvgIpc) is 2.72. The Morgan fingerprint density at radius 3 is 2.06 bits per heavy atom. The zero-order valence-electron chi connectivity index (χ0n) is 8.98. The molecule has 0 radical (unpaired) electrons. The number of halogens is 4. The van der Waals surface area contributed by atoms with Gasteiger partial charge in [0.1, 0.15) is 11.9 Å². The molecule has 0 saturated carbocycles. The molecule has 1 aromatic carbocycles. The van der Waals surface area contributed by atoms with E-state index in [1.165, 1.54) is 14.2 Å². The van der Waals surface area contributed by atoms with E-state index in [-0.39, 0.29) is 16.9 Å². The normalized spacial score (nSPS) is 18.0. The van der Waals surface area contributed by atoms with Crippen molar-refractivity contribution in [2.75, 3.05) is 14.2 Å². The number of ether oxygens (including phenoxy) is 2. The van der Waals surface area contributed by atoms with E-state index in [1.807, 2.05) is 0 Å². The third-order valence-electron chi connectivity index (χ3n) is 2.62. The zero-order valence-corrected chi connectivity index (χ0v) is 8.98. The molecule has 1 atom stereocenters. The molecule has 0 aromatic heterocycles. The van der Waals surface area contributed by atoms with Gasteiger partial charge >= 0.3 is 0 Å². The van der Waals surface area contributed by atoms with Crippen LogP contribution < -0.4 is 0 Å². The summed E-state index contributed by atoms with van der Waals surface area (Å²) in [7, 11) is 2.50. The maximum Gasteiger partial charge on any atom is 0.198 e. The number of hydrogen-bond acceptors (Lipinski definition) is 2. The van der Waals surface area contributed by atoms with Crippen LogP contribution in [0.2, 0.25) is 0 Å². The maximum absolute atomic E-state index is 13.5. The van der Waals surface area contributed by atoms with Crippen molar-refractivity contribution in [2.45, 2.75) is 6.10 Å². The summed E-state index contributed by atoms with van der Waals surface area (Å²) in [6, 6.07) is 0. The average molecular weight is 248 g/mol. The van der Waals surface area contributed by atoms with Gasteiger partial charge in [-0.25, -0.2) is 17.6 Å². The molecule has 0 bridgehead atoms. The highest BCUT2D eigenvalue weighted by atomic mass is 19.2. The molecular weight excluding hydrogens is 240 g/mol. The van der Waals surface area contributed by atoms with Crippen molar-refractivity contribution in [1.29, 1.82) is 0 Å². The molecule has 1 unspecified atom stereocenters. The van der Waals surface area contributed by atoms with Crippen LogP contribution in [0.5, 0.6) is 0 Å². The minimum Gasteiger partial charge on any atom is -0.498 e. The summed E-state index contributed by atoms with van der Waals surface area (Å²) in [4.78, 5) is 0. The summed E-state index contributed by atoms with van der Waals surface area (Å²) in [5.74, 6) is -6.52. The van der Waals surface area contributed by atoms with Crippen molar-refractivity contribution in [3.05, 3.63) is 40.2 Å². The van der Waals surface area contributed by atoms with Crippen LogP contribution in [0.1, 0.15) is 17.2 Å². The van der Waals surface area contributed by atoms with Gasteiger partial charge in [-0.1, -0.05) is 0 Å². The third kappa shape index (κ3) is 1.51. The van der Waals surface area contributed by atoms with E-state index >= 15 is 0 Å². The number of hydrogen-bond donors (Lipinski definition) is 0. The van der Waals surface area contributed by atoms with Crippen LogP contribution in [0.15, 0.2) is 5.76 Å². The van der Waals surface area contributed by atoms with Gasteiger partial charge in [-0.15, -0.1) is 0 Å². The van der Waals surface area contributed by atoms with E-state index in [1.54, 1.807) is 0 Å². The van der Waals surface area contributed by atoms with Crippen LogP contribution in [0, 0.1) is 23.3 Å². The van der Waals surface area contributed by atoms with Gasteiger partial charge < -0.3 is 9.47 Å². The Bertz CT molecular complexity index is 511. The summed E-state index contributed by atoms with van der Waals surface area (Å²) >= 11 is 0. The van der Waals surface area contributed by atoms with Gasteiger partial charge in [0.2, 0.25) is 0 Å². The van der Waals surface area contributed by atoms with Gasteiger partial charge in [0.25, 0.3) is 0 Å². The molecule has 2 nitrogen and oxygen atoms in total. The molecule has 2 rings (SSSR count). The molecule has 0 saturated heterocycles. The topological polar surface area (TPSA) is 18.5 Å². The Morgan fingerprint density at radius 2 is 1.53 bits per heavy atom. The molecule has 1 aliphatic rings. The molecular formula is C11H8F4O2. The van der Waals surface area contributed by atoms with Crippen LogP contribution >= 0.6 is 0 Å². The Balaban J connectivity index is 2.73. The van der Waals surface area contributed by atoms with Gasteiger partial charge in [-0.2, -0.15) is 0 Å². The monoisotopic (exact) mass is 248 g/mol. The van der Waals surface area contributed by atoms with E-state index in [0.717, 1.165) is 6.08 Å². The highest BCUT2D eigenvalue weighted by Crippen LogP contribution is 2.41. The van der Waals surface area contributed by atoms with Crippen LogP contribution in [0.3, 0.4) is 0 Å². The Kier molecular flexibility index (Phi) is 2.82. The lowest BCUT2D eigenvalue weighted by Gasteiger charge is -2.14. The molecule has 0 heterocycles. The van der Waals surface area contributed by atoms with E-state index in [2.05, 4.69) is 0 Å². The second-order valence-corrected chi connectivity index (χ2v) is 3.45. The number of benzene rings is 1. The molecule has 0 N–H and O–H groups in total. The van der Waals surface area contributed by atoms with E-state index in [0.29, 0.717) is 0 Å². The summed E-state index contributed by atoms with van der Waals surface area (Å²) in [6.45, 7) is 0.